The highest BCUT2D eigenvalue weighted by Gasteiger charge is 2.06. The summed E-state index contributed by atoms with van der Waals surface area (Å²) >= 11 is 0. The second-order valence-electron chi connectivity index (χ2n) is 3.65. The van der Waals surface area contributed by atoms with Crippen molar-refractivity contribution >= 4 is 12.0 Å². The number of hydrogen-bond acceptors (Lipinski definition) is 5. The first kappa shape index (κ1) is 14.6. The summed E-state index contributed by atoms with van der Waals surface area (Å²) in [4.78, 5) is 11.4. The standard InChI is InChI=1S/C14H15NO4/c1-10(9-15)19-14(16)7-4-11-8-12(17-2)5-6-13(11)18-3/h4-8,10H,1-3H3/b7-4+/t10-/m0/s1. The fourth-order valence-corrected chi connectivity index (χ4v) is 1.37. The molecule has 0 saturated carbocycles. The van der Waals surface area contributed by atoms with Gasteiger partial charge in [-0.05, 0) is 31.2 Å². The normalized spacial score (nSPS) is 11.7. The van der Waals surface area contributed by atoms with Crippen LogP contribution in [0.15, 0.2) is 24.3 Å². The van der Waals surface area contributed by atoms with Gasteiger partial charge in [-0.15, -0.1) is 0 Å². The number of ether oxygens (including phenoxy) is 3. The Morgan fingerprint density at radius 2 is 2.11 bits per heavy atom. The summed E-state index contributed by atoms with van der Waals surface area (Å²) in [7, 11) is 3.09. The molecule has 0 bridgehead atoms. The van der Waals surface area contributed by atoms with Crippen molar-refractivity contribution in [1.29, 1.82) is 5.26 Å². The molecular weight excluding hydrogens is 246 g/mol. The van der Waals surface area contributed by atoms with Crippen molar-refractivity contribution < 1.29 is 19.0 Å². The molecule has 0 N–H and O–H groups in total. The van der Waals surface area contributed by atoms with Crippen LogP contribution in [0.3, 0.4) is 0 Å². The van der Waals surface area contributed by atoms with Crippen LogP contribution in [0.1, 0.15) is 12.5 Å². The molecule has 0 unspecified atom stereocenters. The van der Waals surface area contributed by atoms with E-state index >= 15 is 0 Å². The minimum Gasteiger partial charge on any atom is -0.497 e. The van der Waals surface area contributed by atoms with Gasteiger partial charge in [0, 0.05) is 11.6 Å². The van der Waals surface area contributed by atoms with Gasteiger partial charge >= 0.3 is 5.97 Å². The molecule has 100 valence electrons. The van der Waals surface area contributed by atoms with E-state index in [0.29, 0.717) is 17.1 Å². The fourth-order valence-electron chi connectivity index (χ4n) is 1.37. The van der Waals surface area contributed by atoms with Gasteiger partial charge < -0.3 is 14.2 Å². The van der Waals surface area contributed by atoms with Gasteiger partial charge in [0.2, 0.25) is 0 Å². The third kappa shape index (κ3) is 4.36. The van der Waals surface area contributed by atoms with Gasteiger partial charge in [0.05, 0.1) is 14.2 Å². The Balaban J connectivity index is 2.86. The lowest BCUT2D eigenvalue weighted by molar-refractivity contribution is -0.139. The third-order valence-corrected chi connectivity index (χ3v) is 2.31. The summed E-state index contributed by atoms with van der Waals surface area (Å²) in [6.45, 7) is 1.50. The van der Waals surface area contributed by atoms with E-state index in [4.69, 9.17) is 19.5 Å². The zero-order chi connectivity index (χ0) is 14.3. The number of nitriles is 1. The predicted octanol–water partition coefficient (Wildman–Crippen LogP) is 2.17. The molecule has 1 aromatic rings. The number of carbonyl (C=O) groups excluding carboxylic acids is 1. The maximum atomic E-state index is 11.4. The number of methoxy groups -OCH3 is 2. The third-order valence-electron chi connectivity index (χ3n) is 2.31. The van der Waals surface area contributed by atoms with E-state index in [9.17, 15) is 4.79 Å². The Labute approximate surface area is 112 Å². The monoisotopic (exact) mass is 261 g/mol. The minimum atomic E-state index is -0.774. The molecule has 0 aliphatic rings. The zero-order valence-electron chi connectivity index (χ0n) is 11.0. The molecular formula is C14H15NO4. The van der Waals surface area contributed by atoms with Gasteiger partial charge in [0.25, 0.3) is 0 Å². The molecule has 0 aliphatic carbocycles. The topological polar surface area (TPSA) is 68.6 Å². The van der Waals surface area contributed by atoms with E-state index in [0.717, 1.165) is 0 Å². The highest BCUT2D eigenvalue weighted by molar-refractivity contribution is 5.88. The van der Waals surface area contributed by atoms with E-state index in [1.54, 1.807) is 31.4 Å². The van der Waals surface area contributed by atoms with Crippen LogP contribution in [0, 0.1) is 11.3 Å². The largest absolute Gasteiger partial charge is 0.497 e. The molecule has 0 aromatic heterocycles. The average molecular weight is 261 g/mol. The van der Waals surface area contributed by atoms with Gasteiger partial charge in [0.15, 0.2) is 6.10 Å². The molecule has 1 atom stereocenters. The Bertz CT molecular complexity index is 517. The van der Waals surface area contributed by atoms with E-state index in [1.165, 1.54) is 20.1 Å². The Hall–Kier alpha value is -2.48. The van der Waals surface area contributed by atoms with Crippen molar-refractivity contribution in [3.8, 4) is 17.6 Å². The van der Waals surface area contributed by atoms with Crippen LogP contribution in [0.4, 0.5) is 0 Å². The number of esters is 1. The lowest BCUT2D eigenvalue weighted by atomic mass is 10.1. The maximum Gasteiger partial charge on any atom is 0.332 e. The van der Waals surface area contributed by atoms with Crippen LogP contribution in [-0.2, 0) is 9.53 Å². The highest BCUT2D eigenvalue weighted by atomic mass is 16.5. The van der Waals surface area contributed by atoms with E-state index in [1.807, 2.05) is 6.07 Å². The first-order chi connectivity index (χ1) is 9.10. The fraction of sp³-hybridized carbons (Fsp3) is 0.286. The van der Waals surface area contributed by atoms with Crippen molar-refractivity contribution in [1.82, 2.24) is 0 Å². The van der Waals surface area contributed by atoms with Gasteiger partial charge in [-0.25, -0.2) is 4.79 Å². The molecule has 5 heteroatoms. The molecule has 1 rings (SSSR count). The summed E-state index contributed by atoms with van der Waals surface area (Å²) in [6.07, 6.45) is 2.02. The molecule has 0 fully saturated rings. The van der Waals surface area contributed by atoms with Crippen molar-refractivity contribution in [2.75, 3.05) is 14.2 Å². The first-order valence-corrected chi connectivity index (χ1v) is 5.61. The van der Waals surface area contributed by atoms with Crippen molar-refractivity contribution in [2.24, 2.45) is 0 Å². The van der Waals surface area contributed by atoms with Crippen LogP contribution in [-0.4, -0.2) is 26.3 Å². The van der Waals surface area contributed by atoms with Gasteiger partial charge in [-0.3, -0.25) is 0 Å². The lowest BCUT2D eigenvalue weighted by Gasteiger charge is -2.07. The van der Waals surface area contributed by atoms with Crippen LogP contribution < -0.4 is 9.47 Å². The second kappa shape index (κ2) is 7.07. The van der Waals surface area contributed by atoms with Gasteiger partial charge in [-0.1, -0.05) is 0 Å². The number of nitrogens with zero attached hydrogens (tertiary/aromatic N) is 1. The number of rotatable bonds is 5. The van der Waals surface area contributed by atoms with E-state index < -0.39 is 12.1 Å². The Morgan fingerprint density at radius 1 is 1.37 bits per heavy atom. The summed E-state index contributed by atoms with van der Waals surface area (Å²) in [5, 5.41) is 8.53. The van der Waals surface area contributed by atoms with Crippen molar-refractivity contribution in [3.05, 3.63) is 29.8 Å². The summed E-state index contributed by atoms with van der Waals surface area (Å²) in [5.74, 6) is 0.677. The SMILES string of the molecule is COc1ccc(OC)c(/C=C/C(=O)O[C@@H](C)C#N)c1. The zero-order valence-corrected chi connectivity index (χ0v) is 11.0. The van der Waals surface area contributed by atoms with Crippen LogP contribution in [0.25, 0.3) is 6.08 Å². The molecule has 0 amide bonds. The van der Waals surface area contributed by atoms with E-state index in [-0.39, 0.29) is 0 Å². The molecule has 19 heavy (non-hydrogen) atoms. The Morgan fingerprint density at radius 3 is 2.68 bits per heavy atom. The van der Waals surface area contributed by atoms with Crippen molar-refractivity contribution in [3.63, 3.8) is 0 Å². The molecule has 5 nitrogen and oxygen atoms in total. The molecule has 0 saturated heterocycles. The van der Waals surface area contributed by atoms with E-state index in [2.05, 4.69) is 0 Å². The van der Waals surface area contributed by atoms with Gasteiger partial charge in [-0.2, -0.15) is 5.26 Å². The van der Waals surface area contributed by atoms with Crippen LogP contribution >= 0.6 is 0 Å². The summed E-state index contributed by atoms with van der Waals surface area (Å²) < 4.78 is 15.1. The van der Waals surface area contributed by atoms with Crippen molar-refractivity contribution in [2.45, 2.75) is 13.0 Å². The smallest absolute Gasteiger partial charge is 0.332 e. The maximum absolute atomic E-state index is 11.4. The molecule has 1 aromatic carbocycles. The predicted molar refractivity (Wildman–Crippen MR) is 69.7 cm³/mol. The lowest BCUT2D eigenvalue weighted by Crippen LogP contribution is -2.10. The Kier molecular flexibility index (Phi) is 5.42. The second-order valence-corrected chi connectivity index (χ2v) is 3.65. The number of carbonyl (C=O) groups is 1. The number of benzene rings is 1. The first-order valence-electron chi connectivity index (χ1n) is 5.61. The number of hydrogen-bond donors (Lipinski definition) is 0. The molecule has 0 heterocycles. The minimum absolute atomic E-state index is 0.584. The highest BCUT2D eigenvalue weighted by Crippen LogP contribution is 2.25. The molecule has 0 aliphatic heterocycles. The van der Waals surface area contributed by atoms with Gasteiger partial charge in [0.1, 0.15) is 17.6 Å². The quantitative estimate of drug-likeness (QED) is 0.600. The average Bonchev–Trinajstić information content (AvgIpc) is 2.44. The van der Waals surface area contributed by atoms with Crippen LogP contribution in [0.5, 0.6) is 11.5 Å². The molecule has 0 spiro atoms. The summed E-state index contributed by atoms with van der Waals surface area (Å²) in [5.41, 5.74) is 0.684. The summed E-state index contributed by atoms with van der Waals surface area (Å²) in [6, 6.07) is 7.04. The van der Waals surface area contributed by atoms with Crippen LogP contribution in [0.2, 0.25) is 0 Å². The molecule has 0 radical (unpaired) electrons.